The van der Waals surface area contributed by atoms with Gasteiger partial charge in [-0.1, -0.05) is 0 Å². The van der Waals surface area contributed by atoms with Gasteiger partial charge in [0, 0.05) is 24.8 Å². The van der Waals surface area contributed by atoms with E-state index in [1.807, 2.05) is 0 Å². The van der Waals surface area contributed by atoms with Gasteiger partial charge in [-0.25, -0.2) is 0 Å². The van der Waals surface area contributed by atoms with Crippen molar-refractivity contribution >= 4 is 17.9 Å². The van der Waals surface area contributed by atoms with E-state index in [4.69, 9.17) is 78.4 Å². The van der Waals surface area contributed by atoms with Crippen LogP contribution in [0.4, 0.5) is 0 Å². The molecule has 6 fully saturated rings. The van der Waals surface area contributed by atoms with Crippen LogP contribution in [0.15, 0.2) is 0 Å². The summed E-state index contributed by atoms with van der Waals surface area (Å²) < 4.78 is 46.3. The summed E-state index contributed by atoms with van der Waals surface area (Å²) in [6.07, 6.45) is -40.7. The molecule has 6 aliphatic heterocycles. The summed E-state index contributed by atoms with van der Waals surface area (Å²) in [5, 5.41) is 269. The number of carboxylic acids is 3. The fraction of sp³-hybridized carbons (Fsp3) is 0.929. The first-order valence-corrected chi connectivity index (χ1v) is 24.3. The number of aliphatic hydroxyl groups is 25. The Bertz CT molecular complexity index is 1790. The molecule has 43 heteroatoms. The van der Waals surface area contributed by atoms with E-state index in [-0.39, 0.29) is 88.7 Å². The van der Waals surface area contributed by atoms with Crippen LogP contribution in [0.1, 0.15) is 12.8 Å². The normalized spacial score (nSPS) is 43.2. The molecular formula is C42H71Na3O40. The molecule has 0 bridgehead atoms. The van der Waals surface area contributed by atoms with Gasteiger partial charge in [0.2, 0.25) is 17.4 Å². The molecule has 25 N–H and O–H groups in total. The van der Waals surface area contributed by atoms with Gasteiger partial charge in [-0.05, 0) is 0 Å². The minimum absolute atomic E-state index is 0. The van der Waals surface area contributed by atoms with Gasteiger partial charge >= 0.3 is 88.7 Å². The minimum atomic E-state index is -2.97. The van der Waals surface area contributed by atoms with Crippen molar-refractivity contribution in [3.05, 3.63) is 0 Å². The van der Waals surface area contributed by atoms with Crippen molar-refractivity contribution < 1.29 is 289 Å². The van der Waals surface area contributed by atoms with Crippen molar-refractivity contribution in [1.29, 1.82) is 0 Å². The average molecular weight is 1280 g/mol. The van der Waals surface area contributed by atoms with E-state index in [9.17, 15) is 122 Å². The Kier molecular flexibility index (Phi) is 37.1. The van der Waals surface area contributed by atoms with Gasteiger partial charge in [0.05, 0.1) is 45.6 Å². The predicted octanol–water partition coefficient (Wildman–Crippen LogP) is -30.4. The summed E-state index contributed by atoms with van der Waals surface area (Å²) in [5.41, 5.74) is -2.97. The molecule has 6 saturated heterocycles. The predicted molar refractivity (Wildman–Crippen MR) is 235 cm³/mol. The third-order valence-electron chi connectivity index (χ3n) is 13.5. The second-order valence-corrected chi connectivity index (χ2v) is 19.1. The summed E-state index contributed by atoms with van der Waals surface area (Å²) >= 11 is 0. The quantitative estimate of drug-likeness (QED) is 0.0503. The van der Waals surface area contributed by atoms with Crippen LogP contribution in [-0.2, 0) is 57.0 Å². The van der Waals surface area contributed by atoms with Crippen molar-refractivity contribution in [3.63, 3.8) is 0 Å². The third kappa shape index (κ3) is 19.8. The van der Waals surface area contributed by atoms with Crippen molar-refractivity contribution in [2.45, 2.75) is 183 Å². The van der Waals surface area contributed by atoms with Crippen molar-refractivity contribution in [2.75, 3.05) is 59.5 Å². The van der Waals surface area contributed by atoms with Crippen LogP contribution in [0.25, 0.3) is 0 Å². The van der Waals surface area contributed by atoms with Crippen molar-refractivity contribution in [3.8, 4) is 0 Å². The molecule has 85 heavy (non-hydrogen) atoms. The second kappa shape index (κ2) is 37.1. The summed E-state index contributed by atoms with van der Waals surface area (Å²) in [4.78, 5) is 30.0. The van der Waals surface area contributed by atoms with Crippen LogP contribution < -0.4 is 104 Å². The number of carboxylic acid groups (broad SMARTS) is 3. The molecule has 6 aliphatic rings. The van der Waals surface area contributed by atoms with Crippen LogP contribution in [0.5, 0.6) is 0 Å². The SMILES string of the molecule is O=C([O-])CC(O)(CC(=O)[O-])C(=O)[O-].OC[C@H]1O[C@@](CO)(O[C@H]2O[C@H](CO)[C@@H](O)[C@H](O)[C@H]2O)[C@@H](O)[C@@H]1O.OC[C@H]1O[C@@](CO)(O[C@H]2O[C@H](CO)[C@@H](O)[C@H](O)[C@H]2O)[C@@H](O)[C@@H]1O.OC[C@H]1O[C@@](CO)(O[C@H]2O[C@H](CO)[C@@H](O)[C@H](O)[C@H]2O)[C@@H](O)[C@@H]1O.[Na+].[Na+].[Na+]. The standard InChI is InChI=1S/3C12H22O11.C6H8O7.3Na/c3*13-1-4-6(16)8(18)9(19)11(21-4)23-12(3-15)10(20)7(17)5(2-14)22-12;7-3(8)1-6(13,5(11)12)2-4(9)10;;;/h3*4-11,13-20H,1-3H2;13H,1-2H2,(H,7,8)(H,9,10)(H,11,12);;;/q;;;;3*+1/p-3/t3*4-,5-,6-,7-,8+,9-,10+,11-,12+;;;;/m111..../s1. The van der Waals surface area contributed by atoms with Crippen LogP contribution in [0.3, 0.4) is 0 Å². The van der Waals surface area contributed by atoms with E-state index in [0.29, 0.717) is 0 Å². The van der Waals surface area contributed by atoms with Crippen molar-refractivity contribution in [2.24, 2.45) is 0 Å². The van der Waals surface area contributed by atoms with E-state index in [1.54, 1.807) is 0 Å². The number of aliphatic carboxylic acids is 3. The molecule has 0 radical (unpaired) electrons. The topological polar surface area (TPSA) is 709 Å². The number of ether oxygens (including phenoxy) is 9. The Balaban J connectivity index is 0.00000112. The van der Waals surface area contributed by atoms with Crippen LogP contribution in [0, 0.1) is 0 Å². The second-order valence-electron chi connectivity index (χ2n) is 19.1. The Labute approximate surface area is 545 Å². The van der Waals surface area contributed by atoms with Gasteiger partial charge in [0.25, 0.3) is 0 Å². The number of carbonyl (C=O) groups is 3. The summed E-state index contributed by atoms with van der Waals surface area (Å²) in [5.74, 6) is -12.6. The molecule has 27 atom stereocenters. The largest absolute Gasteiger partial charge is 1.00 e. The van der Waals surface area contributed by atoms with Gasteiger partial charge < -0.3 is 200 Å². The molecule has 6 rings (SSSR count). The summed E-state index contributed by atoms with van der Waals surface area (Å²) in [6, 6.07) is 0. The van der Waals surface area contributed by atoms with Gasteiger partial charge in [-0.3, -0.25) is 0 Å². The molecule has 0 saturated carbocycles. The summed E-state index contributed by atoms with van der Waals surface area (Å²) in [6.45, 7) is -6.97. The molecule has 0 amide bonds. The molecule has 0 aromatic heterocycles. The number of carbonyl (C=O) groups excluding carboxylic acids is 3. The molecule has 0 aromatic rings. The Morgan fingerprint density at radius 3 is 0.718 bits per heavy atom. The van der Waals surface area contributed by atoms with Gasteiger partial charge in [-0.15, -0.1) is 0 Å². The fourth-order valence-electron chi connectivity index (χ4n) is 8.58. The third-order valence-corrected chi connectivity index (χ3v) is 13.5. The Morgan fingerprint density at radius 1 is 0.353 bits per heavy atom. The first-order chi connectivity index (χ1) is 38.2. The fourth-order valence-corrected chi connectivity index (χ4v) is 8.58. The molecule has 0 aromatic carbocycles. The van der Waals surface area contributed by atoms with E-state index < -0.39 is 260 Å². The first-order valence-electron chi connectivity index (χ1n) is 24.3. The summed E-state index contributed by atoms with van der Waals surface area (Å²) in [7, 11) is 0. The van der Waals surface area contributed by atoms with Gasteiger partial charge in [-0.2, -0.15) is 0 Å². The zero-order chi connectivity index (χ0) is 62.7. The Hall–Kier alpha value is 0.0500. The maximum absolute atomic E-state index is 10.1. The molecule has 40 nitrogen and oxygen atoms in total. The maximum Gasteiger partial charge on any atom is 1.00 e. The molecule has 482 valence electrons. The average Bonchev–Trinajstić information content (AvgIpc) is 3.78. The van der Waals surface area contributed by atoms with Crippen LogP contribution in [0.2, 0.25) is 0 Å². The van der Waals surface area contributed by atoms with Crippen LogP contribution in [-0.4, -0.2) is 375 Å². The number of rotatable bonds is 20. The molecule has 6 heterocycles. The first kappa shape index (κ1) is 85.0. The van der Waals surface area contributed by atoms with E-state index in [2.05, 4.69) is 0 Å². The minimum Gasteiger partial charge on any atom is -0.550 e. The zero-order valence-electron chi connectivity index (χ0n) is 45.4. The molecule has 0 spiro atoms. The zero-order valence-corrected chi connectivity index (χ0v) is 51.4. The monoisotopic (exact) mass is 1280 g/mol. The van der Waals surface area contributed by atoms with Gasteiger partial charge in [0.15, 0.2) is 18.9 Å². The molecule has 0 aliphatic carbocycles. The van der Waals surface area contributed by atoms with E-state index >= 15 is 0 Å². The van der Waals surface area contributed by atoms with Crippen molar-refractivity contribution in [1.82, 2.24) is 0 Å². The maximum atomic E-state index is 10.1. The smallest absolute Gasteiger partial charge is 0.550 e. The number of aliphatic hydroxyl groups excluding tert-OH is 24. The molecular weight excluding hydrogens is 1210 g/mol. The van der Waals surface area contributed by atoms with Gasteiger partial charge in [0.1, 0.15) is 154 Å². The van der Waals surface area contributed by atoms with Crippen LogP contribution >= 0.6 is 0 Å². The number of hydrogen-bond acceptors (Lipinski definition) is 40. The van der Waals surface area contributed by atoms with E-state index in [1.165, 1.54) is 0 Å². The van der Waals surface area contributed by atoms with E-state index in [0.717, 1.165) is 0 Å². The molecule has 0 unspecified atom stereocenters. The Morgan fingerprint density at radius 2 is 0.565 bits per heavy atom. The number of hydrogen-bond donors (Lipinski definition) is 25.